The largest absolute Gasteiger partial charge is 0.490 e. The molecule has 0 spiro atoms. The molecule has 0 saturated carbocycles. The summed E-state index contributed by atoms with van der Waals surface area (Å²) in [7, 11) is 0. The van der Waals surface area contributed by atoms with Crippen LogP contribution in [0.25, 0.3) is 16.8 Å². The summed E-state index contributed by atoms with van der Waals surface area (Å²) in [6.07, 6.45) is 1.39. The highest BCUT2D eigenvalue weighted by Gasteiger charge is 2.19. The van der Waals surface area contributed by atoms with Gasteiger partial charge in [0, 0.05) is 11.1 Å². The molecule has 0 atom stereocenters. The Morgan fingerprint density at radius 1 is 1.13 bits per heavy atom. The number of amides is 1. The molecule has 10 heteroatoms. The second-order valence-corrected chi connectivity index (χ2v) is 9.83. The van der Waals surface area contributed by atoms with Crippen LogP contribution in [0.5, 0.6) is 11.5 Å². The summed E-state index contributed by atoms with van der Waals surface area (Å²) in [5, 5.41) is 25.8. The summed E-state index contributed by atoms with van der Waals surface area (Å²) < 4.78 is 12.7. The molecule has 0 heterocycles. The molecule has 0 aliphatic heterocycles. The fourth-order valence-corrected chi connectivity index (χ4v) is 4.86. The van der Waals surface area contributed by atoms with Crippen LogP contribution in [0.2, 0.25) is 5.02 Å². The summed E-state index contributed by atoms with van der Waals surface area (Å²) in [6, 6.07) is 23.2. The predicted octanol–water partition coefficient (Wildman–Crippen LogP) is 7.53. The number of ether oxygens (including phenoxy) is 2. The van der Waals surface area contributed by atoms with Crippen LogP contribution in [0.1, 0.15) is 18.1 Å². The van der Waals surface area contributed by atoms with Gasteiger partial charge >= 0.3 is 0 Å². The van der Waals surface area contributed by atoms with E-state index in [-0.39, 0.29) is 22.0 Å². The van der Waals surface area contributed by atoms with Gasteiger partial charge in [-0.1, -0.05) is 54.1 Å². The molecule has 8 nitrogen and oxygen atoms in total. The van der Waals surface area contributed by atoms with Gasteiger partial charge in [-0.05, 0) is 81.8 Å². The summed E-state index contributed by atoms with van der Waals surface area (Å²) in [5.41, 5.74) is 0.848. The highest BCUT2D eigenvalue weighted by atomic mass is 127. The third kappa shape index (κ3) is 6.66. The number of hydrogen-bond donors (Lipinski definition) is 1. The second-order valence-electron chi connectivity index (χ2n) is 8.23. The van der Waals surface area contributed by atoms with Gasteiger partial charge in [-0.25, -0.2) is 0 Å². The van der Waals surface area contributed by atoms with Gasteiger partial charge in [-0.2, -0.15) is 5.26 Å². The molecule has 0 aliphatic carbocycles. The van der Waals surface area contributed by atoms with E-state index < -0.39 is 10.8 Å². The molecule has 0 fully saturated rings. The van der Waals surface area contributed by atoms with Gasteiger partial charge < -0.3 is 14.8 Å². The lowest BCUT2D eigenvalue weighted by molar-refractivity contribution is -0.383. The Labute approximate surface area is 243 Å². The van der Waals surface area contributed by atoms with Crippen LogP contribution >= 0.6 is 34.2 Å². The zero-order valence-electron chi connectivity index (χ0n) is 20.6. The number of fused-ring (bicyclic) bond motifs is 1. The van der Waals surface area contributed by atoms with Crippen LogP contribution in [0.15, 0.2) is 78.4 Å². The maximum atomic E-state index is 12.8. The molecule has 0 unspecified atom stereocenters. The van der Waals surface area contributed by atoms with Crippen molar-refractivity contribution in [3.05, 3.63) is 108 Å². The third-order valence-corrected chi connectivity index (χ3v) is 6.70. The molecular weight excluding hydrogens is 633 g/mol. The van der Waals surface area contributed by atoms with Crippen molar-refractivity contribution in [1.82, 2.24) is 0 Å². The first kappa shape index (κ1) is 27.9. The Hall–Kier alpha value is -4.14. The first-order chi connectivity index (χ1) is 18.8. The fraction of sp³-hybridized carbons (Fsp3) is 0.103. The van der Waals surface area contributed by atoms with Crippen molar-refractivity contribution in [1.29, 1.82) is 5.26 Å². The number of anilines is 1. The molecule has 0 aromatic heterocycles. The summed E-state index contributed by atoms with van der Waals surface area (Å²) >= 11 is 7.96. The molecule has 4 rings (SSSR count). The van der Waals surface area contributed by atoms with Crippen molar-refractivity contribution < 1.29 is 19.2 Å². The second kappa shape index (κ2) is 12.6. The number of nitriles is 1. The monoisotopic (exact) mass is 653 g/mol. The van der Waals surface area contributed by atoms with Gasteiger partial charge in [0.25, 0.3) is 11.6 Å². The number of carbonyl (C=O) groups excluding carboxylic acids is 1. The van der Waals surface area contributed by atoms with Crippen molar-refractivity contribution in [2.75, 3.05) is 11.9 Å². The topological polar surface area (TPSA) is 114 Å². The van der Waals surface area contributed by atoms with E-state index in [4.69, 9.17) is 21.1 Å². The quantitative estimate of drug-likeness (QED) is 0.0657. The third-order valence-electron chi connectivity index (χ3n) is 5.66. The van der Waals surface area contributed by atoms with Gasteiger partial charge in [0.15, 0.2) is 11.5 Å². The van der Waals surface area contributed by atoms with E-state index in [0.717, 1.165) is 26.0 Å². The van der Waals surface area contributed by atoms with Gasteiger partial charge in [-0.15, -0.1) is 0 Å². The number of benzene rings is 4. The molecule has 1 amide bonds. The Morgan fingerprint density at radius 3 is 2.64 bits per heavy atom. The van der Waals surface area contributed by atoms with Crippen molar-refractivity contribution in [2.24, 2.45) is 0 Å². The lowest BCUT2D eigenvalue weighted by Gasteiger charge is -2.16. The van der Waals surface area contributed by atoms with Crippen molar-refractivity contribution in [3.63, 3.8) is 0 Å². The Kier molecular flexibility index (Phi) is 9.01. The minimum Gasteiger partial charge on any atom is -0.490 e. The van der Waals surface area contributed by atoms with Crippen LogP contribution in [-0.2, 0) is 11.4 Å². The van der Waals surface area contributed by atoms with E-state index in [1.54, 1.807) is 12.1 Å². The number of nitrogens with zero attached hydrogens (tertiary/aromatic N) is 2. The molecule has 4 aromatic rings. The highest BCUT2D eigenvalue weighted by Crippen LogP contribution is 2.36. The number of nitro benzene ring substituents is 1. The molecular formula is C29H21ClIN3O5. The van der Waals surface area contributed by atoms with Crippen molar-refractivity contribution >= 4 is 68.3 Å². The molecule has 0 radical (unpaired) electrons. The van der Waals surface area contributed by atoms with Crippen LogP contribution in [0.3, 0.4) is 0 Å². The molecule has 4 aromatic carbocycles. The van der Waals surface area contributed by atoms with Crippen LogP contribution < -0.4 is 14.8 Å². The Bertz CT molecular complexity index is 1640. The van der Waals surface area contributed by atoms with Gasteiger partial charge in [0.2, 0.25) is 0 Å². The maximum absolute atomic E-state index is 12.8. The normalized spacial score (nSPS) is 11.1. The minimum absolute atomic E-state index is 0.0719. The van der Waals surface area contributed by atoms with Gasteiger partial charge in [0.05, 0.1) is 15.1 Å². The lowest BCUT2D eigenvalue weighted by atomic mass is 10.1. The molecule has 1 N–H and O–H groups in total. The lowest BCUT2D eigenvalue weighted by Crippen LogP contribution is -2.14. The molecule has 196 valence electrons. The van der Waals surface area contributed by atoms with Crippen molar-refractivity contribution in [3.8, 4) is 17.6 Å². The van der Waals surface area contributed by atoms with E-state index in [9.17, 15) is 20.2 Å². The van der Waals surface area contributed by atoms with Crippen LogP contribution in [0, 0.1) is 25.0 Å². The molecule has 0 saturated heterocycles. The van der Waals surface area contributed by atoms with E-state index in [2.05, 4.69) is 27.9 Å². The summed E-state index contributed by atoms with van der Waals surface area (Å²) in [5.74, 6) is 0.205. The Morgan fingerprint density at radius 2 is 1.90 bits per heavy atom. The first-order valence-corrected chi connectivity index (χ1v) is 13.2. The number of halogens is 2. The minimum atomic E-state index is -0.799. The fourth-order valence-electron chi connectivity index (χ4n) is 3.91. The number of hydrogen-bond acceptors (Lipinski definition) is 6. The first-order valence-electron chi connectivity index (χ1n) is 11.7. The molecule has 0 bridgehead atoms. The zero-order chi connectivity index (χ0) is 27.9. The maximum Gasteiger partial charge on any atom is 0.294 e. The van der Waals surface area contributed by atoms with Gasteiger partial charge in [0.1, 0.15) is 23.9 Å². The van der Waals surface area contributed by atoms with Crippen LogP contribution in [0.4, 0.5) is 11.4 Å². The molecule has 0 aliphatic rings. The Balaban J connectivity index is 1.61. The number of nitro groups is 1. The van der Waals surface area contributed by atoms with E-state index >= 15 is 0 Å². The van der Waals surface area contributed by atoms with Crippen LogP contribution in [-0.4, -0.2) is 17.4 Å². The SMILES string of the molecule is CCOc1cc(/C=C(\C#N)C(=O)Nc2ccc(Cl)cc2[N+](=O)[O-])cc(I)c1OCc1cccc2ccccc12. The summed E-state index contributed by atoms with van der Waals surface area (Å²) in [4.78, 5) is 23.5. The predicted molar refractivity (Wildman–Crippen MR) is 159 cm³/mol. The van der Waals surface area contributed by atoms with E-state index in [1.807, 2.05) is 55.5 Å². The summed E-state index contributed by atoms with van der Waals surface area (Å²) in [6.45, 7) is 2.54. The van der Waals surface area contributed by atoms with Crippen molar-refractivity contribution in [2.45, 2.75) is 13.5 Å². The average Bonchev–Trinajstić information content (AvgIpc) is 2.92. The number of rotatable bonds is 9. The van der Waals surface area contributed by atoms with E-state index in [0.29, 0.717) is 30.3 Å². The average molecular weight is 654 g/mol. The molecule has 39 heavy (non-hydrogen) atoms. The smallest absolute Gasteiger partial charge is 0.294 e. The standard InChI is InChI=1S/C29H21ClIN3O5/c1-2-38-27-14-18(12-21(16-32)29(35)33-25-11-10-22(30)15-26(25)34(36)37)13-24(31)28(27)39-17-20-8-5-7-19-6-3-4-9-23(19)20/h3-15H,2,17H2,1H3,(H,33,35)/b21-12+. The highest BCUT2D eigenvalue weighted by molar-refractivity contribution is 14.1. The number of nitrogens with one attached hydrogen (secondary N) is 1. The van der Waals surface area contributed by atoms with Gasteiger partial charge in [-0.3, -0.25) is 14.9 Å². The van der Waals surface area contributed by atoms with E-state index in [1.165, 1.54) is 18.2 Å². The zero-order valence-corrected chi connectivity index (χ0v) is 23.5. The number of carbonyl (C=O) groups is 1.